The Labute approximate surface area is 402 Å². The minimum Gasteiger partial charge on any atom is -0.462 e. The van der Waals surface area contributed by atoms with Gasteiger partial charge in [0.25, 0.3) is 0 Å². The maximum Gasteiger partial charge on any atom is 0.509 e. The molecule has 16 heteroatoms. The van der Waals surface area contributed by atoms with Crippen molar-refractivity contribution in [2.75, 3.05) is 27.4 Å². The predicted molar refractivity (Wildman–Crippen MR) is 250 cm³/mol. The SMILES string of the molecule is C=CCOC(=O)O[C@@H]1C(C)=C[C@H]2C(=O)O[C@H]3C[C@@H](C/C=C(\C)[C@@H](O[C@H]4C[C@H](OC)[C@@H](O[C@H]5C[C@H](OC)[C@@H](N)[C@H](C)O5)[C@H](C)O4)[C@@H](C)/C=C/C=C4\CO[C@H]1[C@@]42O)O[C@@]1(C=C[C@H](C)[C@@H]([C@@H](C)CC)O1)C3. The minimum absolute atomic E-state index is 0.0410. The largest absolute Gasteiger partial charge is 0.509 e. The van der Waals surface area contributed by atoms with Crippen LogP contribution in [0.1, 0.15) is 93.9 Å². The summed E-state index contributed by atoms with van der Waals surface area (Å²) in [7, 11) is 3.30. The summed E-state index contributed by atoms with van der Waals surface area (Å²) in [4.78, 5) is 27.5. The van der Waals surface area contributed by atoms with Crippen LogP contribution in [-0.4, -0.2) is 142 Å². The van der Waals surface area contributed by atoms with E-state index in [2.05, 4.69) is 46.4 Å². The lowest BCUT2D eigenvalue weighted by Gasteiger charge is -2.48. The normalized spacial score (nSPS) is 45.6. The van der Waals surface area contributed by atoms with Crippen molar-refractivity contribution < 1.29 is 71.5 Å². The van der Waals surface area contributed by atoms with E-state index in [0.717, 1.165) is 12.0 Å². The first kappa shape index (κ1) is 52.6. The fourth-order valence-corrected chi connectivity index (χ4v) is 11.0. The highest BCUT2D eigenvalue weighted by Crippen LogP contribution is 2.48. The van der Waals surface area contributed by atoms with Gasteiger partial charge in [0.2, 0.25) is 0 Å². The van der Waals surface area contributed by atoms with Crippen molar-refractivity contribution in [3.05, 3.63) is 71.9 Å². The van der Waals surface area contributed by atoms with E-state index in [1.807, 2.05) is 39.0 Å². The lowest BCUT2D eigenvalue weighted by molar-refractivity contribution is -0.311. The molecule has 6 aliphatic heterocycles. The van der Waals surface area contributed by atoms with Crippen LogP contribution in [0.3, 0.4) is 0 Å². The smallest absolute Gasteiger partial charge is 0.462 e. The van der Waals surface area contributed by atoms with Crippen molar-refractivity contribution in [1.82, 2.24) is 0 Å². The molecule has 7 rings (SSSR count). The van der Waals surface area contributed by atoms with Gasteiger partial charge in [-0.3, -0.25) is 4.79 Å². The molecule has 20 atom stereocenters. The van der Waals surface area contributed by atoms with Crippen LogP contribution in [0.2, 0.25) is 0 Å². The summed E-state index contributed by atoms with van der Waals surface area (Å²) in [5.41, 5.74) is 6.26. The molecule has 68 heavy (non-hydrogen) atoms. The van der Waals surface area contributed by atoms with Crippen LogP contribution in [0.5, 0.6) is 0 Å². The second kappa shape index (κ2) is 22.4. The standard InChI is InChI=1S/C52H77NO15/c1-12-21-59-50(55)66-46-32(7)22-38-49(54)63-37-23-36(67-51(26-37)20-19-31(6)45(68-51)28(3)13-2)18-17-30(5)44(29(4)15-14-16-35-27-60-48(46)52(35,38)56)64-42-25-40(58-11)47(34(9)62-42)65-41-24-39(57-10)43(53)33(8)61-41/h12,14-17,19-20,22,28-29,31,33-34,36-48,56H,1,13,18,21,23-27,53H2,2-11H3/b15-14+,30-17+,35-16+/t28-,29-,31-,33-,34-,36+,37-,38-,39-,40-,41-,42-,43-,44-,45+,46+,47-,48+,51+,52+/m0/s1. The van der Waals surface area contributed by atoms with Gasteiger partial charge in [0.05, 0.1) is 55.4 Å². The Kier molecular flexibility index (Phi) is 17.3. The summed E-state index contributed by atoms with van der Waals surface area (Å²) in [6.45, 7) is 19.6. The molecule has 380 valence electrons. The lowest BCUT2D eigenvalue weighted by Crippen LogP contribution is -2.59. The maximum atomic E-state index is 14.7. The minimum atomic E-state index is -1.95. The predicted octanol–water partition coefficient (Wildman–Crippen LogP) is 6.69. The molecule has 1 aliphatic carbocycles. The van der Waals surface area contributed by atoms with Crippen molar-refractivity contribution in [3.8, 4) is 0 Å². The molecule has 0 aromatic heterocycles. The molecular weight excluding hydrogens is 879 g/mol. The van der Waals surface area contributed by atoms with Gasteiger partial charge >= 0.3 is 12.1 Å². The van der Waals surface area contributed by atoms with Crippen molar-refractivity contribution in [2.24, 2.45) is 29.4 Å². The lowest BCUT2D eigenvalue weighted by atomic mass is 9.70. The molecule has 4 saturated heterocycles. The van der Waals surface area contributed by atoms with Crippen LogP contribution >= 0.6 is 0 Å². The average Bonchev–Trinajstić information content (AvgIpc) is 3.65. The average molecular weight is 956 g/mol. The number of allylic oxidation sites excluding steroid dienone is 2. The summed E-state index contributed by atoms with van der Waals surface area (Å²) in [5.74, 6) is -2.83. The highest BCUT2D eigenvalue weighted by molar-refractivity contribution is 5.79. The number of hydrogen-bond acceptors (Lipinski definition) is 16. The molecule has 0 aromatic rings. The van der Waals surface area contributed by atoms with Gasteiger partial charge in [0.1, 0.15) is 36.4 Å². The number of nitrogens with two attached hydrogens (primary N) is 1. The van der Waals surface area contributed by atoms with E-state index >= 15 is 0 Å². The first-order chi connectivity index (χ1) is 32.4. The van der Waals surface area contributed by atoms with E-state index in [0.29, 0.717) is 36.8 Å². The summed E-state index contributed by atoms with van der Waals surface area (Å²) < 4.78 is 75.4. The molecule has 2 bridgehead atoms. The molecule has 0 amide bonds. The molecule has 3 N–H and O–H groups in total. The molecule has 0 aromatic carbocycles. The van der Waals surface area contributed by atoms with Crippen LogP contribution < -0.4 is 5.73 Å². The fraction of sp³-hybridized carbons (Fsp3) is 0.731. The maximum absolute atomic E-state index is 14.7. The molecule has 7 aliphatic rings. The van der Waals surface area contributed by atoms with E-state index in [4.69, 9.17) is 62.6 Å². The van der Waals surface area contributed by atoms with Crippen LogP contribution in [0, 0.1) is 23.7 Å². The molecule has 4 fully saturated rings. The van der Waals surface area contributed by atoms with E-state index < -0.39 is 84.7 Å². The van der Waals surface area contributed by atoms with Crippen molar-refractivity contribution in [1.29, 1.82) is 0 Å². The molecule has 6 heterocycles. The van der Waals surface area contributed by atoms with Gasteiger partial charge in [-0.2, -0.15) is 0 Å². The zero-order chi connectivity index (χ0) is 49.1. The summed E-state index contributed by atoms with van der Waals surface area (Å²) >= 11 is 0. The molecule has 0 radical (unpaired) electrons. The first-order valence-corrected chi connectivity index (χ1v) is 24.6. The summed E-state index contributed by atoms with van der Waals surface area (Å²) in [6.07, 6.45) is 9.97. The Bertz CT molecular complexity index is 1930. The second-order valence-electron chi connectivity index (χ2n) is 20.0. The number of carbonyl (C=O) groups excluding carboxylic acids is 2. The zero-order valence-electron chi connectivity index (χ0n) is 41.6. The Morgan fingerprint density at radius 1 is 0.956 bits per heavy atom. The molecular formula is C52H77NO15. The van der Waals surface area contributed by atoms with Crippen molar-refractivity contribution in [3.63, 3.8) is 0 Å². The number of rotatable bonds is 11. The van der Waals surface area contributed by atoms with E-state index in [-0.39, 0.29) is 67.8 Å². The summed E-state index contributed by atoms with van der Waals surface area (Å²) in [6, 6.07) is -0.272. The van der Waals surface area contributed by atoms with Crippen LogP contribution in [0.15, 0.2) is 71.9 Å². The third-order valence-corrected chi connectivity index (χ3v) is 15.1. The van der Waals surface area contributed by atoms with Crippen LogP contribution in [0.25, 0.3) is 0 Å². The Balaban J connectivity index is 1.21. The number of fused-ring (bicyclic) bond motifs is 2. The van der Waals surface area contributed by atoms with Crippen molar-refractivity contribution in [2.45, 2.75) is 191 Å². The topological polar surface area (TPSA) is 191 Å². The number of ether oxygens (including phenoxy) is 12. The molecule has 16 nitrogen and oxygen atoms in total. The quantitative estimate of drug-likeness (QED) is 0.164. The highest BCUT2D eigenvalue weighted by atomic mass is 16.7. The third kappa shape index (κ3) is 11.3. The van der Waals surface area contributed by atoms with Crippen LogP contribution in [-0.2, 0) is 61.6 Å². The summed E-state index contributed by atoms with van der Waals surface area (Å²) in [5, 5.41) is 12.9. The number of esters is 1. The van der Waals surface area contributed by atoms with Gasteiger partial charge in [-0.1, -0.05) is 83.2 Å². The second-order valence-corrected chi connectivity index (χ2v) is 20.0. The molecule has 0 saturated carbocycles. The number of hydrogen-bond donors (Lipinski definition) is 2. The first-order valence-electron chi connectivity index (χ1n) is 24.6. The third-order valence-electron chi connectivity index (χ3n) is 15.1. The molecule has 1 spiro atoms. The fourth-order valence-electron chi connectivity index (χ4n) is 11.0. The van der Waals surface area contributed by atoms with Gasteiger partial charge < -0.3 is 67.7 Å². The van der Waals surface area contributed by atoms with Crippen molar-refractivity contribution >= 4 is 12.1 Å². The number of aliphatic hydroxyl groups is 1. The highest BCUT2D eigenvalue weighted by Gasteiger charge is 2.61. The van der Waals surface area contributed by atoms with E-state index in [9.17, 15) is 14.7 Å². The Hall–Kier alpha value is -3.26. The van der Waals surface area contributed by atoms with Gasteiger partial charge in [-0.15, -0.1) is 0 Å². The van der Waals surface area contributed by atoms with Gasteiger partial charge in [-0.05, 0) is 62.8 Å². The Morgan fingerprint density at radius 3 is 2.40 bits per heavy atom. The Morgan fingerprint density at radius 2 is 1.68 bits per heavy atom. The van der Waals surface area contributed by atoms with Crippen LogP contribution in [0.4, 0.5) is 4.79 Å². The number of methoxy groups -OCH3 is 2. The van der Waals surface area contributed by atoms with Gasteiger partial charge in [-0.25, -0.2) is 4.79 Å². The molecule has 0 unspecified atom stereocenters. The van der Waals surface area contributed by atoms with E-state index in [1.165, 1.54) is 6.08 Å². The number of carbonyl (C=O) groups is 2. The monoisotopic (exact) mass is 956 g/mol. The zero-order valence-corrected chi connectivity index (χ0v) is 41.6. The van der Waals surface area contributed by atoms with E-state index in [1.54, 1.807) is 33.3 Å². The van der Waals surface area contributed by atoms with Gasteiger partial charge in [0.15, 0.2) is 24.5 Å². The van der Waals surface area contributed by atoms with Gasteiger partial charge in [0, 0.05) is 51.7 Å².